The molecule has 2 heterocycles. The second-order valence-corrected chi connectivity index (χ2v) is 3.76. The van der Waals surface area contributed by atoms with E-state index in [1.54, 1.807) is 4.68 Å². The molecule has 0 unspecified atom stereocenters. The highest BCUT2D eigenvalue weighted by Crippen LogP contribution is 2.21. The van der Waals surface area contributed by atoms with Gasteiger partial charge in [0.1, 0.15) is 11.6 Å². The van der Waals surface area contributed by atoms with Gasteiger partial charge in [-0.15, -0.1) is 5.10 Å². The Bertz CT molecular complexity index is 522. The van der Waals surface area contributed by atoms with E-state index in [9.17, 15) is 0 Å². The summed E-state index contributed by atoms with van der Waals surface area (Å²) < 4.78 is 3.58. The molecule has 0 spiro atoms. The molecule has 2 aromatic rings. The van der Waals surface area contributed by atoms with Crippen molar-refractivity contribution in [1.29, 1.82) is 0 Å². The largest absolute Gasteiger partial charge is 0.394 e. The van der Waals surface area contributed by atoms with Crippen LogP contribution in [0.3, 0.4) is 0 Å². The maximum Gasteiger partial charge on any atom is 0.177 e. The van der Waals surface area contributed by atoms with Crippen LogP contribution >= 0.6 is 0 Å². The monoisotopic (exact) mass is 220 g/mol. The average molecular weight is 220 g/mol. The lowest BCUT2D eigenvalue weighted by Gasteiger charge is -2.06. The maximum atomic E-state index is 6.02. The fourth-order valence-electron chi connectivity index (χ4n) is 1.75. The number of hydrogen-bond donors (Lipinski definition) is 1. The molecule has 0 fully saturated rings. The summed E-state index contributed by atoms with van der Waals surface area (Å²) in [7, 11) is 0. The molecular formula is C10H16N6. The summed E-state index contributed by atoms with van der Waals surface area (Å²) in [6.45, 7) is 8.44. The van der Waals surface area contributed by atoms with Crippen LogP contribution in [0.4, 0.5) is 5.69 Å². The van der Waals surface area contributed by atoms with Gasteiger partial charge in [-0.25, -0.2) is 9.67 Å². The molecule has 86 valence electrons. The Hall–Kier alpha value is -1.85. The molecule has 0 aliphatic carbocycles. The number of nitrogen functional groups attached to an aromatic ring is 1. The third kappa shape index (κ3) is 1.46. The van der Waals surface area contributed by atoms with Gasteiger partial charge in [0.2, 0.25) is 0 Å². The van der Waals surface area contributed by atoms with Gasteiger partial charge >= 0.3 is 0 Å². The van der Waals surface area contributed by atoms with Crippen molar-refractivity contribution >= 4 is 5.69 Å². The maximum absolute atomic E-state index is 6.02. The first-order chi connectivity index (χ1) is 7.54. The van der Waals surface area contributed by atoms with Crippen molar-refractivity contribution in [3.63, 3.8) is 0 Å². The number of anilines is 1. The molecule has 0 atom stereocenters. The van der Waals surface area contributed by atoms with Crippen LogP contribution in [0.25, 0.3) is 5.82 Å². The highest BCUT2D eigenvalue weighted by atomic mass is 15.4. The van der Waals surface area contributed by atoms with E-state index in [4.69, 9.17) is 5.73 Å². The predicted octanol–water partition coefficient (Wildman–Crippen LogP) is 0.991. The smallest absolute Gasteiger partial charge is 0.177 e. The van der Waals surface area contributed by atoms with Crippen molar-refractivity contribution < 1.29 is 0 Å². The number of aromatic nitrogens is 5. The van der Waals surface area contributed by atoms with Gasteiger partial charge in [0.25, 0.3) is 0 Å². The fourth-order valence-corrected chi connectivity index (χ4v) is 1.75. The lowest BCUT2D eigenvalue weighted by Crippen LogP contribution is -2.10. The highest BCUT2D eigenvalue weighted by molar-refractivity contribution is 5.57. The third-order valence-electron chi connectivity index (χ3n) is 2.52. The van der Waals surface area contributed by atoms with Gasteiger partial charge in [0.15, 0.2) is 5.82 Å². The molecule has 2 aromatic heterocycles. The average Bonchev–Trinajstić information content (AvgIpc) is 2.69. The lowest BCUT2D eigenvalue weighted by atomic mass is 10.4. The first-order valence-corrected chi connectivity index (χ1v) is 5.28. The van der Waals surface area contributed by atoms with Gasteiger partial charge in [0.05, 0.1) is 11.4 Å². The predicted molar refractivity (Wildman–Crippen MR) is 61.4 cm³/mol. The van der Waals surface area contributed by atoms with E-state index in [1.807, 2.05) is 32.4 Å². The zero-order valence-electron chi connectivity index (χ0n) is 10.0. The van der Waals surface area contributed by atoms with Crippen molar-refractivity contribution in [1.82, 2.24) is 24.5 Å². The Morgan fingerprint density at radius 2 is 1.88 bits per heavy atom. The van der Waals surface area contributed by atoms with E-state index < -0.39 is 0 Å². The summed E-state index contributed by atoms with van der Waals surface area (Å²) in [5.41, 5.74) is 7.50. The molecule has 6 nitrogen and oxygen atoms in total. The molecule has 2 rings (SSSR count). The fraction of sp³-hybridized carbons (Fsp3) is 0.500. The van der Waals surface area contributed by atoms with Crippen molar-refractivity contribution in [2.75, 3.05) is 5.73 Å². The number of nitrogens with zero attached hydrogens (tertiary/aromatic N) is 5. The van der Waals surface area contributed by atoms with Gasteiger partial charge in [0, 0.05) is 6.54 Å². The van der Waals surface area contributed by atoms with Crippen molar-refractivity contribution in [3.05, 3.63) is 17.3 Å². The molecule has 0 saturated heterocycles. The van der Waals surface area contributed by atoms with E-state index in [2.05, 4.69) is 15.2 Å². The molecule has 16 heavy (non-hydrogen) atoms. The van der Waals surface area contributed by atoms with Crippen LogP contribution in [-0.2, 0) is 6.54 Å². The van der Waals surface area contributed by atoms with Gasteiger partial charge < -0.3 is 5.73 Å². The molecule has 0 saturated carbocycles. The van der Waals surface area contributed by atoms with Gasteiger partial charge in [-0.1, -0.05) is 0 Å². The van der Waals surface area contributed by atoms with Crippen LogP contribution in [0.5, 0.6) is 0 Å². The van der Waals surface area contributed by atoms with Crippen LogP contribution in [-0.4, -0.2) is 24.5 Å². The first-order valence-electron chi connectivity index (χ1n) is 5.28. The quantitative estimate of drug-likeness (QED) is 0.819. The van der Waals surface area contributed by atoms with E-state index in [1.165, 1.54) is 0 Å². The normalized spacial score (nSPS) is 11.0. The molecule has 2 N–H and O–H groups in total. The molecule has 0 amide bonds. The summed E-state index contributed by atoms with van der Waals surface area (Å²) >= 11 is 0. The standard InChI is InChI=1S/C10H16N6/c1-5-15-10(9(11)6(2)13-15)16-8(4)12-7(3)14-16/h5,11H2,1-4H3. The Kier molecular flexibility index (Phi) is 2.41. The molecule has 0 aromatic carbocycles. The molecule has 0 bridgehead atoms. The second-order valence-electron chi connectivity index (χ2n) is 3.76. The van der Waals surface area contributed by atoms with E-state index in [0.29, 0.717) is 5.69 Å². The van der Waals surface area contributed by atoms with Crippen LogP contribution in [0, 0.1) is 20.8 Å². The molecule has 0 aliphatic rings. The number of nitrogens with two attached hydrogens (primary N) is 1. The van der Waals surface area contributed by atoms with Crippen molar-refractivity contribution in [3.8, 4) is 5.82 Å². The summed E-state index contributed by atoms with van der Waals surface area (Å²) in [5, 5.41) is 8.69. The topological polar surface area (TPSA) is 74.6 Å². The zero-order valence-corrected chi connectivity index (χ0v) is 10.0. The Morgan fingerprint density at radius 1 is 1.19 bits per heavy atom. The number of hydrogen-bond acceptors (Lipinski definition) is 4. The Morgan fingerprint density at radius 3 is 2.38 bits per heavy atom. The third-order valence-corrected chi connectivity index (χ3v) is 2.52. The van der Waals surface area contributed by atoms with Crippen molar-refractivity contribution in [2.24, 2.45) is 0 Å². The SMILES string of the molecule is CCn1nc(C)c(N)c1-n1nc(C)nc1C. The van der Waals surface area contributed by atoms with E-state index in [0.717, 1.165) is 29.7 Å². The van der Waals surface area contributed by atoms with E-state index in [-0.39, 0.29) is 0 Å². The van der Waals surface area contributed by atoms with Crippen LogP contribution < -0.4 is 5.73 Å². The lowest BCUT2D eigenvalue weighted by molar-refractivity contribution is 0.612. The summed E-state index contributed by atoms with van der Waals surface area (Å²) in [5.74, 6) is 2.36. The minimum atomic E-state index is 0.662. The van der Waals surface area contributed by atoms with Crippen LogP contribution in [0.15, 0.2) is 0 Å². The Balaban J connectivity index is 2.67. The Labute approximate surface area is 94.1 Å². The first kappa shape index (κ1) is 10.7. The summed E-state index contributed by atoms with van der Waals surface area (Å²) in [4.78, 5) is 4.27. The van der Waals surface area contributed by atoms with Crippen LogP contribution in [0.2, 0.25) is 0 Å². The number of rotatable bonds is 2. The minimum Gasteiger partial charge on any atom is -0.394 e. The highest BCUT2D eigenvalue weighted by Gasteiger charge is 2.16. The zero-order chi connectivity index (χ0) is 11.9. The van der Waals surface area contributed by atoms with Gasteiger partial charge in [-0.3, -0.25) is 0 Å². The van der Waals surface area contributed by atoms with Crippen molar-refractivity contribution in [2.45, 2.75) is 34.2 Å². The van der Waals surface area contributed by atoms with Gasteiger partial charge in [-0.05, 0) is 27.7 Å². The van der Waals surface area contributed by atoms with E-state index >= 15 is 0 Å². The van der Waals surface area contributed by atoms with Gasteiger partial charge in [-0.2, -0.15) is 9.78 Å². The van der Waals surface area contributed by atoms with Crippen LogP contribution in [0.1, 0.15) is 24.3 Å². The summed E-state index contributed by atoms with van der Waals surface area (Å²) in [6.07, 6.45) is 0. The number of aryl methyl sites for hydroxylation is 4. The molecule has 0 radical (unpaired) electrons. The molecule has 6 heteroatoms. The molecule has 0 aliphatic heterocycles. The molecular weight excluding hydrogens is 204 g/mol. The summed E-state index contributed by atoms with van der Waals surface area (Å²) in [6, 6.07) is 0. The minimum absolute atomic E-state index is 0.662. The second kappa shape index (κ2) is 3.62.